The van der Waals surface area contributed by atoms with E-state index in [0.717, 1.165) is 25.8 Å². The predicted molar refractivity (Wildman–Crippen MR) is 61.7 cm³/mol. The summed E-state index contributed by atoms with van der Waals surface area (Å²) in [5.41, 5.74) is -0.164. The summed E-state index contributed by atoms with van der Waals surface area (Å²) in [7, 11) is 1.64. The first-order valence-electron chi connectivity index (χ1n) is 5.70. The number of rotatable bonds is 8. The van der Waals surface area contributed by atoms with Crippen LogP contribution in [0.5, 0.6) is 0 Å². The third kappa shape index (κ3) is 5.14. The molecule has 0 aliphatic carbocycles. The van der Waals surface area contributed by atoms with Crippen LogP contribution in [0.15, 0.2) is 0 Å². The summed E-state index contributed by atoms with van der Waals surface area (Å²) in [6.07, 6.45) is 3.15. The Labute approximate surface area is 92.4 Å². The number of nitrogens with one attached hydrogen (secondary N) is 2. The minimum absolute atomic E-state index is 0.0689. The molecule has 3 N–H and O–H groups in total. The van der Waals surface area contributed by atoms with E-state index in [9.17, 15) is 9.90 Å². The number of aliphatic hydroxyl groups is 1. The van der Waals surface area contributed by atoms with E-state index in [-0.39, 0.29) is 18.1 Å². The van der Waals surface area contributed by atoms with Crippen LogP contribution in [0.4, 0.5) is 0 Å². The zero-order valence-electron chi connectivity index (χ0n) is 10.1. The highest BCUT2D eigenvalue weighted by Gasteiger charge is 2.23. The van der Waals surface area contributed by atoms with Crippen LogP contribution < -0.4 is 10.6 Å². The lowest BCUT2D eigenvalue weighted by atomic mass is 9.94. The van der Waals surface area contributed by atoms with E-state index < -0.39 is 0 Å². The molecule has 0 aromatic carbocycles. The summed E-state index contributed by atoms with van der Waals surface area (Å²) in [6.45, 7) is 5.05. The van der Waals surface area contributed by atoms with E-state index in [0.29, 0.717) is 6.42 Å². The Morgan fingerprint density at radius 1 is 1.33 bits per heavy atom. The zero-order chi connectivity index (χ0) is 11.7. The maximum atomic E-state index is 11.0. The van der Waals surface area contributed by atoms with Crippen LogP contribution in [-0.4, -0.2) is 36.8 Å². The Balaban J connectivity index is 3.76. The second-order valence-electron chi connectivity index (χ2n) is 3.85. The smallest absolute Gasteiger partial charge is 0.219 e. The minimum atomic E-state index is -0.164. The van der Waals surface area contributed by atoms with Gasteiger partial charge in [0.2, 0.25) is 5.91 Å². The molecular weight excluding hydrogens is 192 g/mol. The van der Waals surface area contributed by atoms with Crippen molar-refractivity contribution < 1.29 is 9.90 Å². The second-order valence-corrected chi connectivity index (χ2v) is 3.85. The van der Waals surface area contributed by atoms with Gasteiger partial charge in [0.15, 0.2) is 0 Å². The van der Waals surface area contributed by atoms with Crippen molar-refractivity contribution in [2.45, 2.75) is 45.1 Å². The Kier molecular flexibility index (Phi) is 7.34. The number of hydrogen-bond donors (Lipinski definition) is 3. The van der Waals surface area contributed by atoms with Crippen LogP contribution in [0.3, 0.4) is 0 Å². The van der Waals surface area contributed by atoms with Crippen molar-refractivity contribution >= 4 is 5.91 Å². The van der Waals surface area contributed by atoms with E-state index in [1.165, 1.54) is 0 Å². The highest BCUT2D eigenvalue weighted by atomic mass is 16.3. The van der Waals surface area contributed by atoms with Crippen molar-refractivity contribution in [3.05, 3.63) is 0 Å². The van der Waals surface area contributed by atoms with Gasteiger partial charge < -0.3 is 15.7 Å². The van der Waals surface area contributed by atoms with E-state index >= 15 is 0 Å². The molecule has 0 aromatic heterocycles. The molecule has 0 saturated carbocycles. The summed E-state index contributed by atoms with van der Waals surface area (Å²) in [4.78, 5) is 11.0. The van der Waals surface area contributed by atoms with E-state index in [4.69, 9.17) is 0 Å². The highest BCUT2D eigenvalue weighted by Crippen LogP contribution is 2.13. The fourth-order valence-corrected chi connectivity index (χ4v) is 1.51. The molecule has 4 heteroatoms. The average molecular weight is 216 g/mol. The molecule has 0 aromatic rings. The first kappa shape index (κ1) is 14.4. The summed E-state index contributed by atoms with van der Waals surface area (Å²) in [5, 5.41) is 15.2. The van der Waals surface area contributed by atoms with Gasteiger partial charge in [0.1, 0.15) is 0 Å². The van der Waals surface area contributed by atoms with E-state index in [1.54, 1.807) is 7.05 Å². The van der Waals surface area contributed by atoms with Crippen LogP contribution in [-0.2, 0) is 4.79 Å². The van der Waals surface area contributed by atoms with Crippen molar-refractivity contribution in [3.8, 4) is 0 Å². The Morgan fingerprint density at radius 2 is 1.93 bits per heavy atom. The maximum absolute atomic E-state index is 11.0. The van der Waals surface area contributed by atoms with E-state index in [2.05, 4.69) is 24.5 Å². The molecule has 1 amide bonds. The molecule has 0 atom stereocenters. The summed E-state index contributed by atoms with van der Waals surface area (Å²) in [6, 6.07) is 0. The molecule has 0 aliphatic heterocycles. The second kappa shape index (κ2) is 7.65. The van der Waals surface area contributed by atoms with Gasteiger partial charge in [0, 0.05) is 19.0 Å². The molecule has 0 unspecified atom stereocenters. The van der Waals surface area contributed by atoms with Crippen LogP contribution in [0.2, 0.25) is 0 Å². The zero-order valence-corrected chi connectivity index (χ0v) is 10.1. The molecule has 0 heterocycles. The van der Waals surface area contributed by atoms with Crippen molar-refractivity contribution in [1.29, 1.82) is 0 Å². The lowest BCUT2D eigenvalue weighted by molar-refractivity contribution is -0.120. The molecule has 0 saturated heterocycles. The van der Waals surface area contributed by atoms with Gasteiger partial charge in [0.05, 0.1) is 6.61 Å². The fourth-order valence-electron chi connectivity index (χ4n) is 1.51. The molecule has 90 valence electrons. The molecule has 0 radical (unpaired) electrons. The van der Waals surface area contributed by atoms with Crippen LogP contribution >= 0.6 is 0 Å². The van der Waals surface area contributed by atoms with Gasteiger partial charge in [-0.25, -0.2) is 0 Å². The monoisotopic (exact) mass is 216 g/mol. The molecule has 0 fully saturated rings. The number of aliphatic hydroxyl groups excluding tert-OH is 1. The number of amides is 1. The normalized spacial score (nSPS) is 11.5. The van der Waals surface area contributed by atoms with Crippen molar-refractivity contribution in [2.24, 2.45) is 0 Å². The van der Waals surface area contributed by atoms with Crippen molar-refractivity contribution in [2.75, 3.05) is 20.2 Å². The number of hydrogen-bond acceptors (Lipinski definition) is 3. The Morgan fingerprint density at radius 3 is 2.33 bits per heavy atom. The lowest BCUT2D eigenvalue weighted by Crippen LogP contribution is -2.48. The van der Waals surface area contributed by atoms with Gasteiger partial charge >= 0.3 is 0 Å². The third-order valence-electron chi connectivity index (χ3n) is 3.02. The SMILES string of the molecule is CCC(CC)(CO)NCCCC(=O)NC. The average Bonchev–Trinajstić information content (AvgIpc) is 2.30. The first-order chi connectivity index (χ1) is 7.14. The largest absolute Gasteiger partial charge is 0.394 e. The summed E-state index contributed by atoms with van der Waals surface area (Å²) < 4.78 is 0. The topological polar surface area (TPSA) is 61.4 Å². The van der Waals surface area contributed by atoms with Gasteiger partial charge in [-0.1, -0.05) is 13.8 Å². The first-order valence-corrected chi connectivity index (χ1v) is 5.70. The summed E-state index contributed by atoms with van der Waals surface area (Å²) in [5.74, 6) is 0.0689. The molecule has 4 nitrogen and oxygen atoms in total. The maximum Gasteiger partial charge on any atom is 0.219 e. The van der Waals surface area contributed by atoms with Gasteiger partial charge in [-0.15, -0.1) is 0 Å². The molecule has 0 spiro atoms. The minimum Gasteiger partial charge on any atom is -0.394 e. The Hall–Kier alpha value is -0.610. The standard InChI is InChI=1S/C11H24N2O2/c1-4-11(5-2,9-14)13-8-6-7-10(15)12-3/h13-14H,4-9H2,1-3H3,(H,12,15). The van der Waals surface area contributed by atoms with Gasteiger partial charge in [-0.3, -0.25) is 4.79 Å². The van der Waals surface area contributed by atoms with Crippen molar-refractivity contribution in [3.63, 3.8) is 0 Å². The van der Waals surface area contributed by atoms with Crippen molar-refractivity contribution in [1.82, 2.24) is 10.6 Å². The lowest BCUT2D eigenvalue weighted by Gasteiger charge is -2.30. The van der Waals surface area contributed by atoms with Gasteiger partial charge in [0.25, 0.3) is 0 Å². The number of carbonyl (C=O) groups is 1. The molecule has 0 bridgehead atoms. The fraction of sp³-hybridized carbons (Fsp3) is 0.909. The predicted octanol–water partition coefficient (Wildman–Crippen LogP) is 0.653. The van der Waals surface area contributed by atoms with Crippen LogP contribution in [0.25, 0.3) is 0 Å². The molecule has 15 heavy (non-hydrogen) atoms. The number of carbonyl (C=O) groups excluding carboxylic acids is 1. The summed E-state index contributed by atoms with van der Waals surface area (Å²) >= 11 is 0. The van der Waals surface area contributed by atoms with Crippen LogP contribution in [0, 0.1) is 0 Å². The third-order valence-corrected chi connectivity index (χ3v) is 3.02. The highest BCUT2D eigenvalue weighted by molar-refractivity contribution is 5.75. The van der Waals surface area contributed by atoms with Gasteiger partial charge in [-0.05, 0) is 25.8 Å². The Bertz CT molecular complexity index is 171. The molecule has 0 aliphatic rings. The molecular formula is C11H24N2O2. The van der Waals surface area contributed by atoms with Crippen LogP contribution in [0.1, 0.15) is 39.5 Å². The quantitative estimate of drug-likeness (QED) is 0.522. The van der Waals surface area contributed by atoms with E-state index in [1.807, 2.05) is 0 Å². The molecule has 0 rings (SSSR count). The van der Waals surface area contributed by atoms with Gasteiger partial charge in [-0.2, -0.15) is 0 Å².